The molecule has 4 aromatic rings. The molecule has 1 aliphatic heterocycles. The highest BCUT2D eigenvalue weighted by Crippen LogP contribution is 2.27. The fourth-order valence-corrected chi connectivity index (χ4v) is 4.12. The van der Waals surface area contributed by atoms with Gasteiger partial charge < -0.3 is 20.4 Å². The number of thiocarbonyl (C=S) groups is 1. The Morgan fingerprint density at radius 3 is 1.91 bits per heavy atom. The van der Waals surface area contributed by atoms with Crippen molar-refractivity contribution < 1.29 is 0 Å². The van der Waals surface area contributed by atoms with Crippen LogP contribution < -0.4 is 20.4 Å². The minimum Gasteiger partial charge on any atom is -0.368 e. The van der Waals surface area contributed by atoms with Crippen LogP contribution in [0.2, 0.25) is 0 Å². The summed E-state index contributed by atoms with van der Waals surface area (Å²) in [6, 6.07) is 28.3. The third-order valence-electron chi connectivity index (χ3n) is 5.52. The molecule has 6 nitrogen and oxygen atoms in total. The average molecular weight is 441 g/mol. The summed E-state index contributed by atoms with van der Waals surface area (Å²) in [6.07, 6.45) is 0. The minimum atomic E-state index is 0.491. The Morgan fingerprint density at radius 2 is 1.22 bits per heavy atom. The van der Waals surface area contributed by atoms with E-state index < -0.39 is 0 Å². The lowest BCUT2D eigenvalue weighted by atomic mass is 10.2. The van der Waals surface area contributed by atoms with Gasteiger partial charge >= 0.3 is 0 Å². The fourth-order valence-electron chi connectivity index (χ4n) is 3.90. The van der Waals surface area contributed by atoms with Crippen LogP contribution >= 0.6 is 12.2 Å². The molecule has 0 saturated carbocycles. The molecule has 1 aromatic heterocycles. The predicted molar refractivity (Wildman–Crippen MR) is 137 cm³/mol. The number of para-hydroxylation sites is 4. The molecular weight excluding hydrogens is 416 g/mol. The minimum absolute atomic E-state index is 0.491. The molecule has 2 N–H and O–H groups in total. The maximum absolute atomic E-state index is 5.57. The molecule has 1 aliphatic rings. The second-order valence-electron chi connectivity index (χ2n) is 7.64. The first-order valence-corrected chi connectivity index (χ1v) is 11.1. The van der Waals surface area contributed by atoms with Crippen LogP contribution in [0.4, 0.5) is 23.0 Å². The molecule has 0 amide bonds. The van der Waals surface area contributed by atoms with Crippen LogP contribution in [-0.2, 0) is 0 Å². The van der Waals surface area contributed by atoms with Gasteiger partial charge in [0.15, 0.2) is 16.7 Å². The molecule has 0 unspecified atom stereocenters. The van der Waals surface area contributed by atoms with Gasteiger partial charge in [-0.2, -0.15) is 0 Å². The number of piperazine rings is 1. The molecule has 7 heteroatoms. The van der Waals surface area contributed by atoms with Gasteiger partial charge in [-0.25, -0.2) is 9.97 Å². The van der Waals surface area contributed by atoms with E-state index in [4.69, 9.17) is 22.2 Å². The predicted octanol–water partition coefficient (Wildman–Crippen LogP) is 4.77. The summed E-state index contributed by atoms with van der Waals surface area (Å²) in [5, 5.41) is 7.00. The molecule has 3 aromatic carbocycles. The van der Waals surface area contributed by atoms with Crippen molar-refractivity contribution in [2.45, 2.75) is 0 Å². The Morgan fingerprint density at radius 1 is 0.656 bits per heavy atom. The number of anilines is 4. The molecule has 1 saturated heterocycles. The quantitative estimate of drug-likeness (QED) is 0.444. The Hall–Kier alpha value is -3.71. The van der Waals surface area contributed by atoms with Crippen LogP contribution in [-0.4, -0.2) is 41.3 Å². The fraction of sp³-hybridized carbons (Fsp3) is 0.160. The lowest BCUT2D eigenvalue weighted by Gasteiger charge is -2.37. The third-order valence-corrected chi connectivity index (χ3v) is 5.72. The number of fused-ring (bicyclic) bond motifs is 1. The molecule has 0 atom stereocenters. The van der Waals surface area contributed by atoms with Crippen molar-refractivity contribution in [3.05, 3.63) is 84.9 Å². The van der Waals surface area contributed by atoms with Crippen molar-refractivity contribution in [2.24, 2.45) is 0 Å². The van der Waals surface area contributed by atoms with Crippen molar-refractivity contribution in [2.75, 3.05) is 46.6 Å². The van der Waals surface area contributed by atoms with Gasteiger partial charge in [-0.15, -0.1) is 0 Å². The number of hydrogen-bond donors (Lipinski definition) is 2. The Labute approximate surface area is 192 Å². The van der Waals surface area contributed by atoms with Crippen molar-refractivity contribution in [1.29, 1.82) is 0 Å². The smallest absolute Gasteiger partial charge is 0.176 e. The molecule has 32 heavy (non-hydrogen) atoms. The van der Waals surface area contributed by atoms with E-state index in [1.54, 1.807) is 0 Å². The summed E-state index contributed by atoms with van der Waals surface area (Å²) in [5.41, 5.74) is 3.89. The molecule has 160 valence electrons. The second kappa shape index (κ2) is 9.20. The number of nitrogens with zero attached hydrogens (tertiary/aromatic N) is 4. The zero-order valence-corrected chi connectivity index (χ0v) is 18.4. The normalized spacial score (nSPS) is 13.8. The lowest BCUT2D eigenvalue weighted by molar-refractivity contribution is 0.648. The Bertz CT molecular complexity index is 1210. The van der Waals surface area contributed by atoms with E-state index in [1.807, 2.05) is 54.6 Å². The number of hydrogen-bond acceptors (Lipinski definition) is 5. The summed E-state index contributed by atoms with van der Waals surface area (Å²) in [6.45, 7) is 3.56. The first-order chi connectivity index (χ1) is 15.8. The van der Waals surface area contributed by atoms with Crippen molar-refractivity contribution >= 4 is 51.4 Å². The van der Waals surface area contributed by atoms with E-state index in [1.165, 1.54) is 5.69 Å². The van der Waals surface area contributed by atoms with Crippen LogP contribution in [0.1, 0.15) is 0 Å². The zero-order chi connectivity index (χ0) is 21.8. The molecule has 0 bridgehead atoms. The first-order valence-electron chi connectivity index (χ1n) is 10.7. The summed E-state index contributed by atoms with van der Waals surface area (Å²) < 4.78 is 0. The molecule has 0 spiro atoms. The molecule has 1 fully saturated rings. The Kier molecular flexibility index (Phi) is 5.81. The third kappa shape index (κ3) is 4.48. The largest absolute Gasteiger partial charge is 0.368 e. The topological polar surface area (TPSA) is 56.3 Å². The summed E-state index contributed by atoms with van der Waals surface area (Å²) in [5.74, 6) is 1.50. The first kappa shape index (κ1) is 20.2. The van der Waals surface area contributed by atoms with E-state index >= 15 is 0 Å². The summed E-state index contributed by atoms with van der Waals surface area (Å²) in [7, 11) is 0. The van der Waals surface area contributed by atoms with E-state index in [2.05, 4.69) is 50.8 Å². The van der Waals surface area contributed by atoms with Gasteiger partial charge in [0.05, 0.1) is 11.0 Å². The Balaban J connectivity index is 1.38. The van der Waals surface area contributed by atoms with Crippen molar-refractivity contribution in [3.63, 3.8) is 0 Å². The van der Waals surface area contributed by atoms with Crippen LogP contribution in [0.3, 0.4) is 0 Å². The van der Waals surface area contributed by atoms with Gasteiger partial charge in [0.2, 0.25) is 0 Å². The maximum Gasteiger partial charge on any atom is 0.176 e. The van der Waals surface area contributed by atoms with Gasteiger partial charge in [0.25, 0.3) is 0 Å². The van der Waals surface area contributed by atoms with Gasteiger partial charge in [-0.05, 0) is 48.6 Å². The second-order valence-corrected chi connectivity index (χ2v) is 8.05. The molecular formula is C25H24N6S. The highest BCUT2D eigenvalue weighted by atomic mass is 32.1. The summed E-state index contributed by atoms with van der Waals surface area (Å²) >= 11 is 5.57. The number of nitrogens with one attached hydrogen (secondary N) is 2. The average Bonchev–Trinajstić information content (AvgIpc) is 2.85. The highest BCUT2D eigenvalue weighted by Gasteiger charge is 2.22. The number of aromatic nitrogens is 2. The molecule has 5 rings (SSSR count). The summed E-state index contributed by atoms with van der Waals surface area (Å²) in [4.78, 5) is 14.5. The van der Waals surface area contributed by atoms with E-state index in [0.717, 1.165) is 48.7 Å². The van der Waals surface area contributed by atoms with Crippen LogP contribution in [0, 0.1) is 0 Å². The van der Waals surface area contributed by atoms with Gasteiger partial charge in [-0.1, -0.05) is 48.5 Å². The van der Waals surface area contributed by atoms with Crippen LogP contribution in [0.5, 0.6) is 0 Å². The molecule has 0 aliphatic carbocycles. The van der Waals surface area contributed by atoms with Gasteiger partial charge in [-0.3, -0.25) is 0 Å². The monoisotopic (exact) mass is 440 g/mol. The highest BCUT2D eigenvalue weighted by molar-refractivity contribution is 7.80. The van der Waals surface area contributed by atoms with E-state index in [0.29, 0.717) is 10.9 Å². The number of rotatable bonds is 4. The maximum atomic E-state index is 5.57. The SMILES string of the molecule is S=C(Nc1ccccc1)Nc1nc2ccccc2nc1N1CCN(c2ccccc2)CC1. The van der Waals surface area contributed by atoms with Crippen molar-refractivity contribution in [1.82, 2.24) is 9.97 Å². The van der Waals surface area contributed by atoms with Crippen molar-refractivity contribution in [3.8, 4) is 0 Å². The van der Waals surface area contributed by atoms with E-state index in [-0.39, 0.29) is 0 Å². The number of benzene rings is 3. The van der Waals surface area contributed by atoms with E-state index in [9.17, 15) is 0 Å². The zero-order valence-electron chi connectivity index (χ0n) is 17.6. The lowest BCUT2D eigenvalue weighted by Crippen LogP contribution is -2.47. The molecule has 0 radical (unpaired) electrons. The van der Waals surface area contributed by atoms with Crippen LogP contribution in [0.15, 0.2) is 84.9 Å². The van der Waals surface area contributed by atoms with Crippen LogP contribution in [0.25, 0.3) is 11.0 Å². The van der Waals surface area contributed by atoms with Gasteiger partial charge in [0.1, 0.15) is 0 Å². The standard InChI is InChI=1S/C25H24N6S/c32-25(26-19-9-3-1-4-10-19)29-23-24(28-22-14-8-7-13-21(22)27-23)31-17-15-30(16-18-31)20-11-5-2-6-12-20/h1-14H,15-18H2,(H2,26,27,29,32). The van der Waals surface area contributed by atoms with Gasteiger partial charge in [0, 0.05) is 37.6 Å². The molecule has 2 heterocycles.